The highest BCUT2D eigenvalue weighted by Crippen LogP contribution is 2.31. The molecule has 2 aromatic rings. The maximum atomic E-state index is 6.65. The lowest BCUT2D eigenvalue weighted by Crippen LogP contribution is -2.37. The molecule has 0 saturated heterocycles. The van der Waals surface area contributed by atoms with E-state index in [2.05, 4.69) is 55.5 Å². The third kappa shape index (κ3) is 2.40. The molecule has 0 aromatic heterocycles. The predicted octanol–water partition coefficient (Wildman–Crippen LogP) is 3.69. The second-order valence-corrected chi connectivity index (χ2v) is 4.45. The van der Waals surface area contributed by atoms with Crippen molar-refractivity contribution in [2.24, 2.45) is 5.73 Å². The van der Waals surface area contributed by atoms with Gasteiger partial charge in [-0.25, -0.2) is 0 Å². The molecule has 0 aliphatic heterocycles. The highest BCUT2D eigenvalue weighted by atomic mass is 14.7. The monoisotopic (exact) mass is 225 g/mol. The molecule has 0 radical (unpaired) electrons. The predicted molar refractivity (Wildman–Crippen MR) is 72.8 cm³/mol. The number of hydrogen-bond acceptors (Lipinski definition) is 1. The van der Waals surface area contributed by atoms with Gasteiger partial charge in [0, 0.05) is 0 Å². The van der Waals surface area contributed by atoms with Crippen LogP contribution < -0.4 is 5.73 Å². The zero-order valence-electron chi connectivity index (χ0n) is 10.3. The van der Waals surface area contributed by atoms with Gasteiger partial charge in [-0.3, -0.25) is 0 Å². The van der Waals surface area contributed by atoms with Crippen LogP contribution in [0.1, 0.15) is 30.9 Å². The molecule has 0 spiro atoms. The van der Waals surface area contributed by atoms with Gasteiger partial charge in [-0.05, 0) is 17.5 Å². The first-order chi connectivity index (χ1) is 8.27. The molecule has 2 N–H and O–H groups in total. The van der Waals surface area contributed by atoms with Gasteiger partial charge >= 0.3 is 0 Å². The summed E-state index contributed by atoms with van der Waals surface area (Å²) in [6, 6.07) is 20.7. The smallest absolute Gasteiger partial charge is 0.0665 e. The van der Waals surface area contributed by atoms with Crippen LogP contribution in [0.15, 0.2) is 60.7 Å². The Morgan fingerprint density at radius 2 is 1.24 bits per heavy atom. The first-order valence-electron chi connectivity index (χ1n) is 6.17. The molecule has 88 valence electrons. The minimum atomic E-state index is -0.364. The van der Waals surface area contributed by atoms with Crippen LogP contribution in [0.4, 0.5) is 0 Å². The molecule has 0 amide bonds. The van der Waals surface area contributed by atoms with E-state index in [0.29, 0.717) is 0 Å². The molecule has 2 rings (SSSR count). The van der Waals surface area contributed by atoms with E-state index in [9.17, 15) is 0 Å². The van der Waals surface area contributed by atoms with Gasteiger partial charge in [0.2, 0.25) is 0 Å². The van der Waals surface area contributed by atoms with Crippen molar-refractivity contribution in [2.45, 2.75) is 25.3 Å². The van der Waals surface area contributed by atoms with Crippen LogP contribution in [-0.2, 0) is 5.54 Å². The van der Waals surface area contributed by atoms with Gasteiger partial charge in [0.25, 0.3) is 0 Å². The first-order valence-corrected chi connectivity index (χ1v) is 6.17. The Bertz CT molecular complexity index is 408. The van der Waals surface area contributed by atoms with Crippen molar-refractivity contribution >= 4 is 0 Å². The van der Waals surface area contributed by atoms with E-state index in [1.165, 1.54) is 11.1 Å². The van der Waals surface area contributed by atoms with Crippen molar-refractivity contribution in [1.29, 1.82) is 0 Å². The highest BCUT2D eigenvalue weighted by Gasteiger charge is 2.27. The topological polar surface area (TPSA) is 26.0 Å². The first kappa shape index (κ1) is 11.9. The summed E-state index contributed by atoms with van der Waals surface area (Å²) in [4.78, 5) is 0. The zero-order chi connectivity index (χ0) is 12.1. The molecule has 0 fully saturated rings. The lowest BCUT2D eigenvalue weighted by molar-refractivity contribution is 0.485. The Labute approximate surface area is 103 Å². The number of hydrogen-bond donors (Lipinski definition) is 1. The van der Waals surface area contributed by atoms with Crippen LogP contribution in [0.25, 0.3) is 0 Å². The summed E-state index contributed by atoms with van der Waals surface area (Å²) in [5, 5.41) is 0. The Morgan fingerprint density at radius 3 is 1.59 bits per heavy atom. The Balaban J connectivity index is 2.47. The van der Waals surface area contributed by atoms with E-state index >= 15 is 0 Å². The average Bonchev–Trinajstić information content (AvgIpc) is 2.41. The number of benzene rings is 2. The van der Waals surface area contributed by atoms with Gasteiger partial charge in [-0.15, -0.1) is 0 Å². The van der Waals surface area contributed by atoms with Crippen LogP contribution in [0.2, 0.25) is 0 Å². The van der Waals surface area contributed by atoms with Gasteiger partial charge in [0.15, 0.2) is 0 Å². The molecular weight excluding hydrogens is 206 g/mol. The molecule has 1 heteroatoms. The molecular formula is C16H19N. The summed E-state index contributed by atoms with van der Waals surface area (Å²) in [7, 11) is 0. The summed E-state index contributed by atoms with van der Waals surface area (Å²) in [5.74, 6) is 0. The second-order valence-electron chi connectivity index (χ2n) is 4.45. The fourth-order valence-electron chi connectivity index (χ4n) is 2.32. The van der Waals surface area contributed by atoms with E-state index in [0.717, 1.165) is 12.8 Å². The van der Waals surface area contributed by atoms with Crippen molar-refractivity contribution in [2.75, 3.05) is 0 Å². The summed E-state index contributed by atoms with van der Waals surface area (Å²) in [6.07, 6.45) is 2.03. The molecule has 1 nitrogen and oxygen atoms in total. The SMILES string of the molecule is CCCC(N)(c1ccccc1)c1ccccc1. The Hall–Kier alpha value is -1.60. The Kier molecular flexibility index (Phi) is 3.60. The van der Waals surface area contributed by atoms with Crippen molar-refractivity contribution in [3.05, 3.63) is 71.8 Å². The fourth-order valence-corrected chi connectivity index (χ4v) is 2.32. The van der Waals surface area contributed by atoms with Crippen molar-refractivity contribution in [3.63, 3.8) is 0 Å². The lowest BCUT2D eigenvalue weighted by atomic mass is 9.80. The standard InChI is InChI=1S/C16H19N/c1-2-13-16(17,14-9-5-3-6-10-14)15-11-7-4-8-12-15/h3-12H,2,13,17H2,1H3. The van der Waals surface area contributed by atoms with Gasteiger partial charge in [-0.1, -0.05) is 74.0 Å². The zero-order valence-corrected chi connectivity index (χ0v) is 10.3. The van der Waals surface area contributed by atoms with Crippen LogP contribution in [-0.4, -0.2) is 0 Å². The maximum Gasteiger partial charge on any atom is 0.0665 e. The normalized spacial score (nSPS) is 11.4. The summed E-state index contributed by atoms with van der Waals surface area (Å²) in [5.41, 5.74) is 8.66. The van der Waals surface area contributed by atoms with Crippen molar-refractivity contribution in [3.8, 4) is 0 Å². The summed E-state index contributed by atoms with van der Waals surface area (Å²) in [6.45, 7) is 2.17. The second kappa shape index (κ2) is 5.15. The van der Waals surface area contributed by atoms with E-state index < -0.39 is 0 Å². The van der Waals surface area contributed by atoms with Crippen LogP contribution in [0.3, 0.4) is 0 Å². The van der Waals surface area contributed by atoms with Crippen LogP contribution in [0.5, 0.6) is 0 Å². The maximum absolute atomic E-state index is 6.65. The molecule has 17 heavy (non-hydrogen) atoms. The number of nitrogens with two attached hydrogens (primary N) is 1. The van der Waals surface area contributed by atoms with E-state index in [1.807, 2.05) is 12.1 Å². The molecule has 0 heterocycles. The molecule has 2 aromatic carbocycles. The quantitative estimate of drug-likeness (QED) is 0.843. The molecule has 0 aliphatic rings. The van der Waals surface area contributed by atoms with E-state index in [4.69, 9.17) is 5.73 Å². The molecule has 0 saturated carbocycles. The average molecular weight is 225 g/mol. The summed E-state index contributed by atoms with van der Waals surface area (Å²) < 4.78 is 0. The summed E-state index contributed by atoms with van der Waals surface area (Å²) >= 11 is 0. The Morgan fingerprint density at radius 1 is 0.824 bits per heavy atom. The molecule has 0 bridgehead atoms. The van der Waals surface area contributed by atoms with Gasteiger partial charge in [-0.2, -0.15) is 0 Å². The van der Waals surface area contributed by atoms with Gasteiger partial charge in [0.05, 0.1) is 5.54 Å². The minimum Gasteiger partial charge on any atom is -0.318 e. The minimum absolute atomic E-state index is 0.364. The third-order valence-corrected chi connectivity index (χ3v) is 3.22. The van der Waals surface area contributed by atoms with E-state index in [-0.39, 0.29) is 5.54 Å². The fraction of sp³-hybridized carbons (Fsp3) is 0.250. The third-order valence-electron chi connectivity index (χ3n) is 3.22. The van der Waals surface area contributed by atoms with E-state index in [1.54, 1.807) is 0 Å². The highest BCUT2D eigenvalue weighted by molar-refractivity contribution is 5.37. The lowest BCUT2D eigenvalue weighted by Gasteiger charge is -2.30. The molecule has 0 atom stereocenters. The largest absolute Gasteiger partial charge is 0.318 e. The van der Waals surface area contributed by atoms with Crippen LogP contribution >= 0.6 is 0 Å². The van der Waals surface area contributed by atoms with Gasteiger partial charge < -0.3 is 5.73 Å². The van der Waals surface area contributed by atoms with Crippen LogP contribution in [0, 0.1) is 0 Å². The number of rotatable bonds is 4. The van der Waals surface area contributed by atoms with Crippen molar-refractivity contribution in [1.82, 2.24) is 0 Å². The molecule has 0 unspecified atom stereocenters. The van der Waals surface area contributed by atoms with Crippen molar-refractivity contribution < 1.29 is 0 Å². The molecule has 0 aliphatic carbocycles. The van der Waals surface area contributed by atoms with Gasteiger partial charge in [0.1, 0.15) is 0 Å².